The van der Waals surface area contributed by atoms with Crippen LogP contribution in [0.1, 0.15) is 24.1 Å². The van der Waals surface area contributed by atoms with Crippen molar-refractivity contribution in [3.8, 4) is 0 Å². The van der Waals surface area contributed by atoms with E-state index in [4.69, 9.17) is 0 Å². The van der Waals surface area contributed by atoms with Crippen LogP contribution in [0, 0.1) is 0 Å². The smallest absolute Gasteiger partial charge is 0.277 e. The van der Waals surface area contributed by atoms with E-state index >= 15 is 0 Å². The number of amides is 1. The third-order valence-electron chi connectivity index (χ3n) is 5.63. The number of benzene rings is 2. The quantitative estimate of drug-likeness (QED) is 0.583. The summed E-state index contributed by atoms with van der Waals surface area (Å²) in [6.45, 7) is 1.73. The number of aryl methyl sites for hydroxylation is 1. The number of para-hydroxylation sites is 1. The second-order valence-corrected chi connectivity index (χ2v) is 7.43. The van der Waals surface area contributed by atoms with E-state index in [1.165, 1.54) is 21.3 Å². The average Bonchev–Trinajstić information content (AvgIpc) is 3.13. The van der Waals surface area contributed by atoms with E-state index in [1.54, 1.807) is 12.1 Å². The standard InChI is InChI=1S/C22H21N5O2/c28-21(10-5-12-27-22(29)16-7-2-4-9-20(16)24-25-27)26-13-11-19-17(14-26)15-6-1-3-8-18(15)23-19/h1-4,6-9,23H,5,10-14H2. The van der Waals surface area contributed by atoms with Crippen LogP contribution in [-0.4, -0.2) is 37.3 Å². The van der Waals surface area contributed by atoms with Gasteiger partial charge in [-0.3, -0.25) is 9.59 Å². The van der Waals surface area contributed by atoms with Gasteiger partial charge < -0.3 is 9.88 Å². The molecule has 0 bridgehead atoms. The Hall–Kier alpha value is -3.48. The molecule has 2 aromatic heterocycles. The molecule has 2 aromatic carbocycles. The Labute approximate surface area is 166 Å². The summed E-state index contributed by atoms with van der Waals surface area (Å²) in [5.74, 6) is 0.114. The lowest BCUT2D eigenvalue weighted by atomic mass is 10.0. The van der Waals surface area contributed by atoms with E-state index in [9.17, 15) is 9.59 Å². The average molecular weight is 387 g/mol. The van der Waals surface area contributed by atoms with Gasteiger partial charge >= 0.3 is 0 Å². The maximum absolute atomic E-state index is 12.7. The van der Waals surface area contributed by atoms with E-state index in [0.717, 1.165) is 11.9 Å². The van der Waals surface area contributed by atoms with Crippen LogP contribution >= 0.6 is 0 Å². The monoisotopic (exact) mass is 387 g/mol. The van der Waals surface area contributed by atoms with Gasteiger partial charge in [-0.25, -0.2) is 4.68 Å². The lowest BCUT2D eigenvalue weighted by Gasteiger charge is -2.27. The van der Waals surface area contributed by atoms with Gasteiger partial charge in [0, 0.05) is 54.6 Å². The van der Waals surface area contributed by atoms with Crippen molar-refractivity contribution >= 4 is 27.7 Å². The summed E-state index contributed by atoms with van der Waals surface area (Å²) in [6, 6.07) is 15.4. The third-order valence-corrected chi connectivity index (χ3v) is 5.63. The Kier molecular flexibility index (Phi) is 4.35. The van der Waals surface area contributed by atoms with Gasteiger partial charge in [0.15, 0.2) is 0 Å². The molecule has 29 heavy (non-hydrogen) atoms. The van der Waals surface area contributed by atoms with Crippen LogP contribution in [0.15, 0.2) is 53.3 Å². The SMILES string of the molecule is O=C(CCCn1nnc2ccccc2c1=O)N1CCc2[nH]c3ccccc3c2C1. The number of H-pyrrole nitrogens is 1. The van der Waals surface area contributed by atoms with Gasteiger partial charge in [-0.2, -0.15) is 0 Å². The van der Waals surface area contributed by atoms with Gasteiger partial charge in [0.05, 0.1) is 5.39 Å². The van der Waals surface area contributed by atoms with Crippen molar-refractivity contribution in [2.24, 2.45) is 0 Å². The first-order valence-electron chi connectivity index (χ1n) is 9.89. The zero-order valence-electron chi connectivity index (χ0n) is 16.0. The molecule has 0 fully saturated rings. The van der Waals surface area contributed by atoms with Gasteiger partial charge in [-0.1, -0.05) is 35.5 Å². The van der Waals surface area contributed by atoms with Crippen molar-refractivity contribution < 1.29 is 4.79 Å². The fraction of sp³-hybridized carbons (Fsp3) is 0.273. The highest BCUT2D eigenvalue weighted by molar-refractivity contribution is 5.86. The Morgan fingerprint density at radius 1 is 1.07 bits per heavy atom. The molecule has 0 saturated heterocycles. The van der Waals surface area contributed by atoms with Crippen LogP contribution in [0.25, 0.3) is 21.8 Å². The topological polar surface area (TPSA) is 83.9 Å². The predicted molar refractivity (Wildman–Crippen MR) is 110 cm³/mol. The van der Waals surface area contributed by atoms with Crippen molar-refractivity contribution in [3.63, 3.8) is 0 Å². The molecule has 1 aliphatic heterocycles. The molecule has 0 saturated carbocycles. The maximum atomic E-state index is 12.7. The minimum Gasteiger partial charge on any atom is -0.358 e. The zero-order chi connectivity index (χ0) is 19.8. The van der Waals surface area contributed by atoms with Gasteiger partial charge in [-0.15, -0.1) is 5.10 Å². The predicted octanol–water partition coefficient (Wildman–Crippen LogP) is 2.64. The second-order valence-electron chi connectivity index (χ2n) is 7.43. The molecular formula is C22H21N5O2. The number of hydrogen-bond acceptors (Lipinski definition) is 4. The Morgan fingerprint density at radius 3 is 2.76 bits per heavy atom. The molecule has 0 atom stereocenters. The highest BCUT2D eigenvalue weighted by Crippen LogP contribution is 2.27. The number of nitrogens with zero attached hydrogens (tertiary/aromatic N) is 4. The van der Waals surface area contributed by atoms with E-state index < -0.39 is 0 Å². The molecule has 7 nitrogen and oxygen atoms in total. The number of fused-ring (bicyclic) bond motifs is 4. The summed E-state index contributed by atoms with van der Waals surface area (Å²) in [7, 11) is 0. The Morgan fingerprint density at radius 2 is 1.86 bits per heavy atom. The van der Waals surface area contributed by atoms with Crippen LogP contribution in [-0.2, 0) is 24.3 Å². The summed E-state index contributed by atoms with van der Waals surface area (Å²) in [5.41, 5.74) is 4.00. The summed E-state index contributed by atoms with van der Waals surface area (Å²) in [6.07, 6.45) is 1.78. The largest absolute Gasteiger partial charge is 0.358 e. The van der Waals surface area contributed by atoms with E-state index in [-0.39, 0.29) is 11.5 Å². The molecule has 0 aliphatic carbocycles. The molecule has 1 N–H and O–H groups in total. The molecule has 5 rings (SSSR count). The van der Waals surface area contributed by atoms with Gasteiger partial charge in [0.1, 0.15) is 5.52 Å². The summed E-state index contributed by atoms with van der Waals surface area (Å²) < 4.78 is 1.35. The van der Waals surface area contributed by atoms with Gasteiger partial charge in [0.25, 0.3) is 5.56 Å². The van der Waals surface area contributed by atoms with E-state index in [1.807, 2.05) is 29.2 Å². The van der Waals surface area contributed by atoms with Crippen molar-refractivity contribution in [1.29, 1.82) is 0 Å². The van der Waals surface area contributed by atoms with Gasteiger partial charge in [0.2, 0.25) is 5.91 Å². The number of aromatic nitrogens is 4. The van der Waals surface area contributed by atoms with Crippen LogP contribution in [0.4, 0.5) is 0 Å². The number of aromatic amines is 1. The number of carbonyl (C=O) groups is 1. The number of hydrogen-bond donors (Lipinski definition) is 1. The minimum absolute atomic E-state index is 0.114. The fourth-order valence-electron chi connectivity index (χ4n) is 4.09. The van der Waals surface area contributed by atoms with Crippen LogP contribution in [0.5, 0.6) is 0 Å². The second kappa shape index (κ2) is 7.16. The minimum atomic E-state index is -0.163. The first-order valence-corrected chi connectivity index (χ1v) is 9.89. The normalized spacial score (nSPS) is 13.7. The fourth-order valence-corrected chi connectivity index (χ4v) is 4.09. The van der Waals surface area contributed by atoms with Crippen molar-refractivity contribution in [1.82, 2.24) is 24.9 Å². The lowest BCUT2D eigenvalue weighted by molar-refractivity contribution is -0.132. The third kappa shape index (κ3) is 3.18. The molecule has 0 spiro atoms. The highest BCUT2D eigenvalue weighted by atomic mass is 16.2. The first kappa shape index (κ1) is 17.6. The summed E-state index contributed by atoms with van der Waals surface area (Å²) in [5, 5.41) is 9.83. The molecule has 0 radical (unpaired) electrons. The van der Waals surface area contributed by atoms with Gasteiger partial charge in [-0.05, 0) is 24.6 Å². The molecule has 3 heterocycles. The summed E-state index contributed by atoms with van der Waals surface area (Å²) >= 11 is 0. The van der Waals surface area contributed by atoms with Crippen LogP contribution < -0.4 is 5.56 Å². The maximum Gasteiger partial charge on any atom is 0.277 e. The van der Waals surface area contributed by atoms with Crippen molar-refractivity contribution in [2.45, 2.75) is 32.4 Å². The van der Waals surface area contributed by atoms with E-state index in [2.05, 4.69) is 27.4 Å². The highest BCUT2D eigenvalue weighted by Gasteiger charge is 2.23. The Balaban J connectivity index is 1.25. The lowest BCUT2D eigenvalue weighted by Crippen LogP contribution is -2.36. The number of carbonyl (C=O) groups excluding carboxylic acids is 1. The molecule has 1 amide bonds. The molecule has 7 heteroatoms. The molecule has 146 valence electrons. The number of rotatable bonds is 4. The van der Waals surface area contributed by atoms with Crippen molar-refractivity contribution in [3.05, 3.63) is 70.1 Å². The van der Waals surface area contributed by atoms with Crippen molar-refractivity contribution in [2.75, 3.05) is 6.54 Å². The molecule has 0 unspecified atom stereocenters. The molecular weight excluding hydrogens is 366 g/mol. The molecule has 1 aliphatic rings. The Bertz CT molecular complexity index is 1270. The van der Waals surface area contributed by atoms with Crippen LogP contribution in [0.2, 0.25) is 0 Å². The number of nitrogens with one attached hydrogen (secondary N) is 1. The van der Waals surface area contributed by atoms with E-state index in [0.29, 0.717) is 43.4 Å². The summed E-state index contributed by atoms with van der Waals surface area (Å²) in [4.78, 5) is 30.6. The first-order chi connectivity index (χ1) is 14.2. The zero-order valence-corrected chi connectivity index (χ0v) is 16.0. The van der Waals surface area contributed by atoms with Crippen LogP contribution in [0.3, 0.4) is 0 Å². The molecule has 4 aromatic rings.